The van der Waals surface area contributed by atoms with Crippen LogP contribution in [0.2, 0.25) is 0 Å². The van der Waals surface area contributed by atoms with E-state index in [-0.39, 0.29) is 0 Å². The molecule has 0 aliphatic heterocycles. The second kappa shape index (κ2) is 20.4. The van der Waals surface area contributed by atoms with Gasteiger partial charge in [0.15, 0.2) is 23.3 Å². The van der Waals surface area contributed by atoms with Crippen molar-refractivity contribution in [2.45, 2.75) is 41.5 Å². The van der Waals surface area contributed by atoms with Crippen molar-refractivity contribution in [2.24, 2.45) is 0 Å². The fourth-order valence-corrected chi connectivity index (χ4v) is 10.1. The van der Waals surface area contributed by atoms with Crippen molar-refractivity contribution >= 4 is 34.6 Å². The van der Waals surface area contributed by atoms with E-state index in [1.54, 1.807) is 0 Å². The van der Waals surface area contributed by atoms with Gasteiger partial charge in [-0.2, -0.15) is 19.9 Å². The maximum absolute atomic E-state index is 5.43. The topological polar surface area (TPSA) is 83.8 Å². The Labute approximate surface area is 433 Å². The molecule has 8 nitrogen and oxygen atoms in total. The molecule has 0 spiro atoms. The number of hydrogen-bond donors (Lipinski definition) is 0. The van der Waals surface area contributed by atoms with E-state index in [9.17, 15) is 0 Å². The van der Waals surface area contributed by atoms with Gasteiger partial charge in [-0.3, -0.25) is 0 Å². The molecule has 0 aliphatic rings. The molecule has 0 aliphatic carbocycles. The molecule has 0 bridgehead atoms. The molecule has 0 atom stereocenters. The van der Waals surface area contributed by atoms with Gasteiger partial charge in [-0.1, -0.05) is 205 Å². The van der Waals surface area contributed by atoms with Crippen molar-refractivity contribution in [1.82, 2.24) is 29.9 Å². The summed E-state index contributed by atoms with van der Waals surface area (Å²) < 4.78 is 0. The average Bonchev–Trinajstić information content (AvgIpc) is 3.43. The molecule has 2 aromatic heterocycles. The number of rotatable bonds is 12. The van der Waals surface area contributed by atoms with Crippen molar-refractivity contribution in [1.29, 1.82) is 0 Å². The molecular formula is C66H54N8. The van der Waals surface area contributed by atoms with Crippen LogP contribution in [0.1, 0.15) is 33.4 Å². The van der Waals surface area contributed by atoms with Crippen LogP contribution in [0.15, 0.2) is 218 Å². The Morgan fingerprint density at radius 2 is 0.568 bits per heavy atom. The van der Waals surface area contributed by atoms with E-state index in [1.807, 2.05) is 102 Å². The van der Waals surface area contributed by atoms with Gasteiger partial charge in [0.25, 0.3) is 0 Å². The van der Waals surface area contributed by atoms with Gasteiger partial charge in [0, 0.05) is 27.9 Å². The number of benzene rings is 9. The minimum absolute atomic E-state index is 0.340. The lowest BCUT2D eigenvalue weighted by Gasteiger charge is -2.32. The third-order valence-corrected chi connectivity index (χ3v) is 13.3. The Kier molecular flexibility index (Phi) is 12.9. The molecule has 0 unspecified atom stereocenters. The van der Waals surface area contributed by atoms with E-state index in [1.165, 1.54) is 33.4 Å². The first-order chi connectivity index (χ1) is 36.1. The molecule has 358 valence electrons. The normalized spacial score (nSPS) is 11.1. The van der Waals surface area contributed by atoms with Crippen molar-refractivity contribution in [3.8, 4) is 67.8 Å². The minimum atomic E-state index is 0.340. The molecule has 2 heterocycles. The van der Waals surface area contributed by atoms with Crippen molar-refractivity contribution < 1.29 is 0 Å². The molecule has 74 heavy (non-hydrogen) atoms. The number of aromatic nitrogens is 6. The fraction of sp³-hybridized carbons (Fsp3) is 0.0909. The quantitative estimate of drug-likeness (QED) is 0.120. The van der Waals surface area contributed by atoms with Gasteiger partial charge in [-0.05, 0) is 110 Å². The number of nitrogens with zero attached hydrogens (tertiary/aromatic N) is 8. The van der Waals surface area contributed by atoms with Crippen LogP contribution in [-0.4, -0.2) is 29.9 Å². The predicted molar refractivity (Wildman–Crippen MR) is 304 cm³/mol. The summed E-state index contributed by atoms with van der Waals surface area (Å²) in [5.41, 5.74) is 18.9. The van der Waals surface area contributed by atoms with E-state index in [0.717, 1.165) is 67.3 Å². The zero-order chi connectivity index (χ0) is 50.7. The van der Waals surface area contributed by atoms with Gasteiger partial charge < -0.3 is 4.90 Å². The lowest BCUT2D eigenvalue weighted by atomic mass is 9.98. The van der Waals surface area contributed by atoms with E-state index in [2.05, 4.69) is 168 Å². The Bertz CT molecular complexity index is 3670. The number of aryl methyl sites for hydroxylation is 6. The zero-order valence-corrected chi connectivity index (χ0v) is 42.4. The van der Waals surface area contributed by atoms with E-state index in [0.29, 0.717) is 35.2 Å². The summed E-state index contributed by atoms with van der Waals surface area (Å²) in [6.45, 7) is 13.1. The highest BCUT2D eigenvalue weighted by molar-refractivity contribution is 5.86. The Hall–Kier alpha value is -9.40. The fourth-order valence-electron chi connectivity index (χ4n) is 10.1. The Morgan fingerprint density at radius 1 is 0.257 bits per heavy atom. The third kappa shape index (κ3) is 9.56. The van der Waals surface area contributed by atoms with Crippen LogP contribution in [0.25, 0.3) is 67.8 Å². The van der Waals surface area contributed by atoms with Gasteiger partial charge >= 0.3 is 0 Å². The zero-order valence-electron chi connectivity index (χ0n) is 42.4. The molecule has 0 amide bonds. The maximum Gasteiger partial charge on any atom is 0.241 e. The number of hydrogen-bond acceptors (Lipinski definition) is 8. The van der Waals surface area contributed by atoms with Crippen LogP contribution >= 0.6 is 0 Å². The summed E-state index contributed by atoms with van der Waals surface area (Å²) in [6, 6.07) is 75.1. The summed E-state index contributed by atoms with van der Waals surface area (Å²) in [7, 11) is 0. The first kappa shape index (κ1) is 47.0. The molecule has 9 aromatic carbocycles. The summed E-state index contributed by atoms with van der Waals surface area (Å²) in [5, 5.41) is 0. The largest absolute Gasteiger partial charge is 0.309 e. The van der Waals surface area contributed by atoms with Crippen molar-refractivity contribution in [3.63, 3.8) is 0 Å². The Morgan fingerprint density at radius 3 is 1.01 bits per heavy atom. The SMILES string of the molecule is Cc1cc(C)c(N(c2ccc(N(c3nc(-c4ccccc4)nc(-c4ccc(-c5ccccc5)cc4)n3)c3nc(-c4ccccc4)nc(-c4ccccc4-c4ccccc4)n3)cc2)c2c(C)cc(C)cc2C)c(C)c1. The summed E-state index contributed by atoms with van der Waals surface area (Å²) in [6.07, 6.45) is 0. The van der Waals surface area contributed by atoms with Gasteiger partial charge in [0.2, 0.25) is 11.9 Å². The van der Waals surface area contributed by atoms with Crippen LogP contribution in [0.5, 0.6) is 0 Å². The standard InChI is InChI=1S/C66H54N8/c1-43-39-45(3)59(46(4)40-43)73(60-47(5)41-44(2)42-48(60)6)55-35-37-56(38-36-55)74(65-69-61(52-25-15-9-16-26-52)67-63(71-65)54-33-31-50(32-34-54)49-21-11-7-12-22-49)66-70-62(53-27-17-10-18-28-53)68-64(72-66)58-30-20-19-29-57(58)51-23-13-8-14-24-51/h7-42H,1-6H3. The lowest BCUT2D eigenvalue weighted by Crippen LogP contribution is -2.19. The highest BCUT2D eigenvalue weighted by Crippen LogP contribution is 2.44. The number of anilines is 6. The molecule has 0 saturated heterocycles. The molecule has 0 fully saturated rings. The summed E-state index contributed by atoms with van der Waals surface area (Å²) in [5.74, 6) is 2.70. The second-order valence-electron chi connectivity index (χ2n) is 18.8. The maximum atomic E-state index is 5.43. The lowest BCUT2D eigenvalue weighted by molar-refractivity contribution is 0.964. The molecule has 0 saturated carbocycles. The minimum Gasteiger partial charge on any atom is -0.309 e. The molecule has 11 aromatic rings. The smallest absolute Gasteiger partial charge is 0.241 e. The third-order valence-electron chi connectivity index (χ3n) is 13.3. The molecular weight excluding hydrogens is 905 g/mol. The summed E-state index contributed by atoms with van der Waals surface area (Å²) in [4.78, 5) is 36.2. The Balaban J connectivity index is 1.16. The van der Waals surface area contributed by atoms with Gasteiger partial charge in [0.05, 0.1) is 17.1 Å². The second-order valence-corrected chi connectivity index (χ2v) is 18.8. The van der Waals surface area contributed by atoms with Crippen LogP contribution in [0, 0.1) is 41.5 Å². The highest BCUT2D eigenvalue weighted by Gasteiger charge is 2.27. The predicted octanol–water partition coefficient (Wildman–Crippen LogP) is 16.8. The van der Waals surface area contributed by atoms with Crippen LogP contribution < -0.4 is 9.80 Å². The molecule has 0 radical (unpaired) electrons. The van der Waals surface area contributed by atoms with Crippen LogP contribution in [0.4, 0.5) is 34.6 Å². The first-order valence-electron chi connectivity index (χ1n) is 24.9. The van der Waals surface area contributed by atoms with E-state index in [4.69, 9.17) is 29.9 Å². The van der Waals surface area contributed by atoms with Gasteiger partial charge in [0.1, 0.15) is 0 Å². The first-order valence-corrected chi connectivity index (χ1v) is 24.9. The molecule has 11 rings (SSSR count). The van der Waals surface area contributed by atoms with Gasteiger partial charge in [-0.15, -0.1) is 0 Å². The molecule has 0 N–H and O–H groups in total. The van der Waals surface area contributed by atoms with Crippen molar-refractivity contribution in [2.75, 3.05) is 9.80 Å². The van der Waals surface area contributed by atoms with E-state index >= 15 is 0 Å². The van der Waals surface area contributed by atoms with Crippen molar-refractivity contribution in [3.05, 3.63) is 252 Å². The molecule has 8 heteroatoms. The van der Waals surface area contributed by atoms with E-state index < -0.39 is 0 Å². The van der Waals surface area contributed by atoms with Crippen LogP contribution in [-0.2, 0) is 0 Å². The highest BCUT2D eigenvalue weighted by atomic mass is 15.4. The average molecular weight is 959 g/mol. The monoisotopic (exact) mass is 958 g/mol. The van der Waals surface area contributed by atoms with Crippen LogP contribution in [0.3, 0.4) is 0 Å². The van der Waals surface area contributed by atoms with Gasteiger partial charge in [-0.25, -0.2) is 14.9 Å². The summed E-state index contributed by atoms with van der Waals surface area (Å²) >= 11 is 0.